The van der Waals surface area contributed by atoms with Gasteiger partial charge in [0.05, 0.1) is 0 Å². The van der Waals surface area contributed by atoms with E-state index < -0.39 is 12.1 Å². The van der Waals surface area contributed by atoms with Gasteiger partial charge in [0.1, 0.15) is 6.04 Å². The fourth-order valence-corrected chi connectivity index (χ4v) is 2.53. The molecule has 2 rings (SSSR count). The number of halogens is 2. The summed E-state index contributed by atoms with van der Waals surface area (Å²) in [5.41, 5.74) is 1.66. The number of anilines is 1. The van der Waals surface area contributed by atoms with Crippen molar-refractivity contribution in [3.8, 4) is 0 Å². The van der Waals surface area contributed by atoms with Crippen LogP contribution in [0.3, 0.4) is 0 Å². The lowest BCUT2D eigenvalue weighted by atomic mass is 10.1. The number of alkyl halides is 2. The molecule has 2 N–H and O–H groups in total. The van der Waals surface area contributed by atoms with E-state index in [4.69, 9.17) is 23.2 Å². The number of nitrogens with one attached hydrogen (secondary N) is 2. The molecule has 1 heterocycles. The second-order valence-electron chi connectivity index (χ2n) is 4.36. The molecule has 1 aliphatic heterocycles. The van der Waals surface area contributed by atoms with Crippen LogP contribution in [0.2, 0.25) is 0 Å². The molecule has 1 unspecified atom stereocenters. The first-order chi connectivity index (χ1) is 9.65. The van der Waals surface area contributed by atoms with E-state index in [1.165, 1.54) is 0 Å². The van der Waals surface area contributed by atoms with Crippen LogP contribution in [0.1, 0.15) is 11.6 Å². The van der Waals surface area contributed by atoms with Crippen molar-refractivity contribution in [3.05, 3.63) is 29.8 Å². The summed E-state index contributed by atoms with van der Waals surface area (Å²) in [6, 6.07) is 6.34. The Bertz CT molecular complexity index is 504. The third-order valence-corrected chi connectivity index (χ3v) is 3.39. The van der Waals surface area contributed by atoms with Crippen LogP contribution < -0.4 is 15.5 Å². The molecule has 0 aliphatic carbocycles. The van der Waals surface area contributed by atoms with Gasteiger partial charge in [0, 0.05) is 30.5 Å². The third kappa shape index (κ3) is 3.35. The molecule has 1 aliphatic rings. The Morgan fingerprint density at radius 3 is 2.40 bits per heavy atom. The zero-order chi connectivity index (χ0) is 14.5. The first-order valence-corrected chi connectivity index (χ1v) is 7.31. The Labute approximate surface area is 127 Å². The van der Waals surface area contributed by atoms with E-state index in [0.717, 1.165) is 11.3 Å². The normalized spacial score (nSPS) is 17.8. The average molecular weight is 316 g/mol. The van der Waals surface area contributed by atoms with Crippen molar-refractivity contribution in [3.63, 3.8) is 0 Å². The highest BCUT2D eigenvalue weighted by molar-refractivity contribution is 6.18. The van der Waals surface area contributed by atoms with Crippen molar-refractivity contribution in [2.75, 3.05) is 29.7 Å². The van der Waals surface area contributed by atoms with Crippen molar-refractivity contribution in [2.24, 2.45) is 0 Å². The van der Waals surface area contributed by atoms with Gasteiger partial charge in [0.25, 0.3) is 5.91 Å². The van der Waals surface area contributed by atoms with Crippen molar-refractivity contribution < 1.29 is 9.59 Å². The van der Waals surface area contributed by atoms with Crippen molar-refractivity contribution in [1.29, 1.82) is 0 Å². The summed E-state index contributed by atoms with van der Waals surface area (Å²) in [6.07, 6.45) is 0. The number of urea groups is 1. The monoisotopic (exact) mass is 315 g/mol. The predicted molar refractivity (Wildman–Crippen MR) is 79.5 cm³/mol. The summed E-state index contributed by atoms with van der Waals surface area (Å²) in [5.74, 6) is 0.636. The molecule has 1 atom stereocenters. The molecule has 0 spiro atoms. The van der Waals surface area contributed by atoms with Gasteiger partial charge in [-0.1, -0.05) is 12.1 Å². The lowest BCUT2D eigenvalue weighted by Gasteiger charge is -2.23. The Morgan fingerprint density at radius 2 is 1.85 bits per heavy atom. The van der Waals surface area contributed by atoms with Gasteiger partial charge < -0.3 is 10.2 Å². The molecule has 7 heteroatoms. The first-order valence-electron chi connectivity index (χ1n) is 6.24. The highest BCUT2D eigenvalue weighted by Gasteiger charge is 2.30. The van der Waals surface area contributed by atoms with Crippen LogP contribution in [0, 0.1) is 0 Å². The van der Waals surface area contributed by atoms with Gasteiger partial charge in [-0.05, 0) is 17.7 Å². The third-order valence-electron chi connectivity index (χ3n) is 3.05. The smallest absolute Gasteiger partial charge is 0.322 e. The van der Waals surface area contributed by atoms with Crippen LogP contribution in [0.4, 0.5) is 10.5 Å². The van der Waals surface area contributed by atoms with Gasteiger partial charge in [-0.3, -0.25) is 10.1 Å². The molecule has 0 saturated carbocycles. The van der Waals surface area contributed by atoms with Crippen LogP contribution >= 0.6 is 23.2 Å². The molecular weight excluding hydrogens is 301 g/mol. The number of hydrogen-bond acceptors (Lipinski definition) is 3. The van der Waals surface area contributed by atoms with Gasteiger partial charge in [-0.25, -0.2) is 4.79 Å². The predicted octanol–water partition coefficient (Wildman–Crippen LogP) is 1.85. The number of hydrogen-bond donors (Lipinski definition) is 2. The quantitative estimate of drug-likeness (QED) is 0.622. The molecule has 1 fully saturated rings. The topological polar surface area (TPSA) is 61.4 Å². The molecule has 1 aromatic rings. The molecule has 0 aromatic heterocycles. The van der Waals surface area contributed by atoms with E-state index >= 15 is 0 Å². The van der Waals surface area contributed by atoms with Crippen molar-refractivity contribution >= 4 is 40.8 Å². The minimum atomic E-state index is -0.642. The Kier molecular flexibility index (Phi) is 5.09. The fourth-order valence-electron chi connectivity index (χ4n) is 2.13. The van der Waals surface area contributed by atoms with E-state index in [2.05, 4.69) is 10.6 Å². The fraction of sp³-hybridized carbons (Fsp3) is 0.385. The van der Waals surface area contributed by atoms with Crippen LogP contribution in [0.25, 0.3) is 0 Å². The maximum Gasteiger partial charge on any atom is 0.322 e. The van der Waals surface area contributed by atoms with Gasteiger partial charge in [0.15, 0.2) is 0 Å². The van der Waals surface area contributed by atoms with Crippen molar-refractivity contribution in [2.45, 2.75) is 6.04 Å². The number of carbonyl (C=O) groups excluding carboxylic acids is 2. The molecule has 0 radical (unpaired) electrons. The molecule has 20 heavy (non-hydrogen) atoms. The molecule has 1 aromatic carbocycles. The lowest BCUT2D eigenvalue weighted by Crippen LogP contribution is -2.28. The van der Waals surface area contributed by atoms with Crippen molar-refractivity contribution in [1.82, 2.24) is 10.6 Å². The zero-order valence-electron chi connectivity index (χ0n) is 10.7. The van der Waals surface area contributed by atoms with E-state index in [1.54, 1.807) is 6.07 Å². The highest BCUT2D eigenvalue weighted by atomic mass is 35.5. The van der Waals surface area contributed by atoms with Crippen LogP contribution in [0.15, 0.2) is 24.3 Å². The van der Waals surface area contributed by atoms with Gasteiger partial charge in [-0.2, -0.15) is 0 Å². The largest absolute Gasteiger partial charge is 0.369 e. The second-order valence-corrected chi connectivity index (χ2v) is 5.11. The van der Waals surface area contributed by atoms with E-state index in [1.807, 2.05) is 23.1 Å². The molecule has 5 nitrogen and oxygen atoms in total. The number of carbonyl (C=O) groups is 2. The minimum absolute atomic E-state index is 0.339. The Hall–Kier alpha value is -1.46. The summed E-state index contributed by atoms with van der Waals surface area (Å²) in [7, 11) is 0. The van der Waals surface area contributed by atoms with Crippen LogP contribution in [-0.2, 0) is 4.79 Å². The first kappa shape index (κ1) is 14.9. The average Bonchev–Trinajstić information content (AvgIpc) is 2.78. The van der Waals surface area contributed by atoms with E-state index in [0.29, 0.717) is 24.8 Å². The highest BCUT2D eigenvalue weighted by Crippen LogP contribution is 2.22. The van der Waals surface area contributed by atoms with E-state index in [9.17, 15) is 9.59 Å². The van der Waals surface area contributed by atoms with Gasteiger partial charge in [-0.15, -0.1) is 23.2 Å². The number of benzene rings is 1. The van der Waals surface area contributed by atoms with E-state index in [-0.39, 0.29) is 5.91 Å². The molecule has 3 amide bonds. The number of rotatable bonds is 6. The van der Waals surface area contributed by atoms with Gasteiger partial charge >= 0.3 is 6.03 Å². The van der Waals surface area contributed by atoms with Gasteiger partial charge in [0.2, 0.25) is 0 Å². The molecule has 108 valence electrons. The minimum Gasteiger partial charge on any atom is -0.369 e. The molecule has 0 bridgehead atoms. The number of nitrogens with zero attached hydrogens (tertiary/aromatic N) is 1. The maximum absolute atomic E-state index is 11.7. The molecule has 1 saturated heterocycles. The Balaban J connectivity index is 2.22. The summed E-state index contributed by atoms with van der Waals surface area (Å²) in [4.78, 5) is 24.9. The summed E-state index contributed by atoms with van der Waals surface area (Å²) in [5, 5.41) is 4.80. The zero-order valence-corrected chi connectivity index (χ0v) is 12.2. The number of imide groups is 1. The Morgan fingerprint density at radius 1 is 1.15 bits per heavy atom. The second kappa shape index (κ2) is 6.81. The summed E-state index contributed by atoms with van der Waals surface area (Å²) >= 11 is 11.6. The molecular formula is C13H15Cl2N3O2. The number of amides is 3. The standard InChI is InChI=1S/C13H15Cl2N3O2/c14-4-6-18(7-5-15)10-3-1-2-9(8-10)11-12(19)17-13(20)16-11/h1-3,8,11H,4-7H2,(H2,16,17,19,20). The SMILES string of the molecule is O=C1NC(=O)C(c2cccc(N(CCCl)CCCl)c2)N1. The summed E-state index contributed by atoms with van der Waals surface area (Å²) in [6.45, 7) is 1.34. The van der Waals surface area contributed by atoms with Crippen LogP contribution in [0.5, 0.6) is 0 Å². The summed E-state index contributed by atoms with van der Waals surface area (Å²) < 4.78 is 0. The lowest BCUT2D eigenvalue weighted by molar-refractivity contribution is -0.120. The maximum atomic E-state index is 11.7. The van der Waals surface area contributed by atoms with Crippen LogP contribution in [-0.4, -0.2) is 36.8 Å².